The first-order chi connectivity index (χ1) is 14.4. The highest BCUT2D eigenvalue weighted by molar-refractivity contribution is 7.92. The molecule has 1 aromatic heterocycles. The third kappa shape index (κ3) is 3.74. The Hall–Kier alpha value is -3.36. The van der Waals surface area contributed by atoms with Crippen LogP contribution in [0.4, 0.5) is 5.69 Å². The smallest absolute Gasteiger partial charge is 0.340 e. The lowest BCUT2D eigenvalue weighted by atomic mass is 10.2. The second-order valence-electron chi connectivity index (χ2n) is 6.39. The minimum atomic E-state index is -3.87. The lowest BCUT2D eigenvalue weighted by molar-refractivity contribution is 0.0603. The second-order valence-corrected chi connectivity index (χ2v) is 8.48. The number of halogens is 1. The number of anilines is 1. The number of aromatic nitrogens is 2. The topological polar surface area (TPSA) is 101 Å². The Labute approximate surface area is 177 Å². The van der Waals surface area contributed by atoms with Gasteiger partial charge in [-0.2, -0.15) is 0 Å². The van der Waals surface area contributed by atoms with Gasteiger partial charge < -0.3 is 9.72 Å². The van der Waals surface area contributed by atoms with E-state index in [4.69, 9.17) is 16.3 Å². The summed E-state index contributed by atoms with van der Waals surface area (Å²) >= 11 is 6.06. The summed E-state index contributed by atoms with van der Waals surface area (Å²) in [7, 11) is -2.57. The number of carbonyl (C=O) groups excluding carboxylic acids is 1. The van der Waals surface area contributed by atoms with Crippen LogP contribution >= 0.6 is 11.6 Å². The molecular weight excluding hydrogens is 426 g/mol. The number of fused-ring (bicyclic) bond motifs is 1. The number of imidazole rings is 1. The number of para-hydroxylation sites is 2. The molecule has 4 rings (SSSR count). The molecule has 0 amide bonds. The van der Waals surface area contributed by atoms with Crippen LogP contribution in [-0.2, 0) is 14.8 Å². The number of nitrogens with one attached hydrogen (secondary N) is 2. The fraction of sp³-hybridized carbons (Fsp3) is 0.0476. The van der Waals surface area contributed by atoms with Crippen LogP contribution in [0, 0.1) is 0 Å². The quantitative estimate of drug-likeness (QED) is 0.445. The fourth-order valence-electron chi connectivity index (χ4n) is 3.00. The first-order valence-corrected chi connectivity index (χ1v) is 10.7. The number of H-pyrrole nitrogens is 1. The standard InChI is InChI=1S/C21H16ClN3O4S/c1-29-21(26)15-8-5-11-18-19(15)24-20(23-18)13-6-4-7-14(12-13)30(27,28)25-17-10-3-2-9-16(17)22/h2-12,25H,1H3,(H,23,24). The summed E-state index contributed by atoms with van der Waals surface area (Å²) in [4.78, 5) is 19.6. The summed E-state index contributed by atoms with van der Waals surface area (Å²) in [6.45, 7) is 0. The Kier molecular flexibility index (Phi) is 5.19. The molecule has 0 spiro atoms. The van der Waals surface area contributed by atoms with E-state index in [1.807, 2.05) is 0 Å². The average Bonchev–Trinajstić information content (AvgIpc) is 3.19. The Bertz CT molecular complexity index is 1370. The van der Waals surface area contributed by atoms with Crippen molar-refractivity contribution in [1.29, 1.82) is 0 Å². The number of rotatable bonds is 5. The van der Waals surface area contributed by atoms with Crippen molar-refractivity contribution in [2.24, 2.45) is 0 Å². The molecule has 30 heavy (non-hydrogen) atoms. The highest BCUT2D eigenvalue weighted by atomic mass is 35.5. The van der Waals surface area contributed by atoms with Crippen molar-refractivity contribution in [1.82, 2.24) is 9.97 Å². The maximum Gasteiger partial charge on any atom is 0.340 e. The molecule has 0 aliphatic heterocycles. The number of nitrogens with zero attached hydrogens (tertiary/aromatic N) is 1. The maximum atomic E-state index is 12.8. The number of aromatic amines is 1. The normalized spacial score (nSPS) is 11.4. The van der Waals surface area contributed by atoms with E-state index in [1.165, 1.54) is 19.2 Å². The zero-order chi connectivity index (χ0) is 21.3. The van der Waals surface area contributed by atoms with E-state index in [0.717, 1.165) is 0 Å². The largest absolute Gasteiger partial charge is 0.465 e. The van der Waals surface area contributed by atoms with Crippen molar-refractivity contribution in [3.8, 4) is 11.4 Å². The molecule has 1 heterocycles. The summed E-state index contributed by atoms with van der Waals surface area (Å²) in [6, 6.07) is 18.0. The zero-order valence-electron chi connectivity index (χ0n) is 15.7. The van der Waals surface area contributed by atoms with Crippen molar-refractivity contribution in [2.45, 2.75) is 4.90 Å². The fourth-order valence-corrected chi connectivity index (χ4v) is 4.37. The van der Waals surface area contributed by atoms with Gasteiger partial charge in [-0.3, -0.25) is 4.72 Å². The Morgan fingerprint density at radius 1 is 1.07 bits per heavy atom. The highest BCUT2D eigenvalue weighted by Gasteiger charge is 2.18. The second kappa shape index (κ2) is 7.81. The maximum absolute atomic E-state index is 12.8. The number of esters is 1. The number of carbonyl (C=O) groups is 1. The molecule has 0 saturated carbocycles. The van der Waals surface area contributed by atoms with Crippen LogP contribution in [0.2, 0.25) is 5.02 Å². The van der Waals surface area contributed by atoms with Crippen LogP contribution in [0.3, 0.4) is 0 Å². The Morgan fingerprint density at radius 3 is 2.60 bits per heavy atom. The van der Waals surface area contributed by atoms with Crippen molar-refractivity contribution in [2.75, 3.05) is 11.8 Å². The molecule has 9 heteroatoms. The van der Waals surface area contributed by atoms with Crippen LogP contribution in [0.25, 0.3) is 22.4 Å². The Morgan fingerprint density at radius 2 is 1.83 bits per heavy atom. The number of ether oxygens (including phenoxy) is 1. The SMILES string of the molecule is COC(=O)c1cccc2[nH]c(-c3cccc(S(=O)(=O)Nc4ccccc4Cl)c3)nc12. The summed E-state index contributed by atoms with van der Waals surface area (Å²) in [5, 5.41) is 0.296. The van der Waals surface area contributed by atoms with E-state index in [0.29, 0.717) is 33.0 Å². The van der Waals surface area contributed by atoms with Crippen molar-refractivity contribution >= 4 is 44.3 Å². The van der Waals surface area contributed by atoms with Gasteiger partial charge in [-0.1, -0.05) is 41.9 Å². The molecule has 0 bridgehead atoms. The third-order valence-electron chi connectivity index (χ3n) is 4.45. The number of hydrogen-bond acceptors (Lipinski definition) is 5. The molecule has 0 unspecified atom stereocenters. The first-order valence-electron chi connectivity index (χ1n) is 8.84. The molecule has 3 aromatic carbocycles. The van der Waals surface area contributed by atoms with Crippen molar-refractivity contribution in [3.05, 3.63) is 77.3 Å². The van der Waals surface area contributed by atoms with Gasteiger partial charge in [0.05, 0.1) is 33.8 Å². The molecule has 0 aliphatic carbocycles. The van der Waals surface area contributed by atoms with Crippen molar-refractivity contribution in [3.63, 3.8) is 0 Å². The first kappa shape index (κ1) is 19.9. The van der Waals surface area contributed by atoms with Gasteiger partial charge in [-0.15, -0.1) is 0 Å². The number of methoxy groups -OCH3 is 1. The van der Waals surface area contributed by atoms with Gasteiger partial charge in [-0.25, -0.2) is 18.2 Å². The number of sulfonamides is 1. The molecule has 0 radical (unpaired) electrons. The van der Waals surface area contributed by atoms with E-state index < -0.39 is 16.0 Å². The predicted octanol–water partition coefficient (Wildman–Crippen LogP) is 4.47. The van der Waals surface area contributed by atoms with Crippen molar-refractivity contribution < 1.29 is 17.9 Å². The van der Waals surface area contributed by atoms with Gasteiger partial charge in [0.25, 0.3) is 10.0 Å². The molecular formula is C21H16ClN3O4S. The van der Waals surface area contributed by atoms with Gasteiger partial charge >= 0.3 is 5.97 Å². The van der Waals surface area contributed by atoms with E-state index in [9.17, 15) is 13.2 Å². The summed E-state index contributed by atoms with van der Waals surface area (Å²) in [5.41, 5.74) is 2.24. The summed E-state index contributed by atoms with van der Waals surface area (Å²) in [5.74, 6) is -0.0740. The Balaban J connectivity index is 1.73. The summed E-state index contributed by atoms with van der Waals surface area (Å²) < 4.78 is 32.9. The predicted molar refractivity (Wildman–Crippen MR) is 115 cm³/mol. The molecule has 2 N–H and O–H groups in total. The van der Waals surface area contributed by atoms with Crippen LogP contribution in [0.1, 0.15) is 10.4 Å². The molecule has 0 aliphatic rings. The lowest BCUT2D eigenvalue weighted by Crippen LogP contribution is -2.13. The molecule has 0 saturated heterocycles. The van der Waals surface area contributed by atoms with Gasteiger partial charge in [0.2, 0.25) is 0 Å². The number of hydrogen-bond donors (Lipinski definition) is 2. The van der Waals surface area contributed by atoms with Crippen LogP contribution in [-0.4, -0.2) is 31.5 Å². The molecule has 0 fully saturated rings. The minimum Gasteiger partial charge on any atom is -0.465 e. The van der Waals surface area contributed by atoms with Gasteiger partial charge in [0.1, 0.15) is 11.3 Å². The van der Waals surface area contributed by atoms with Gasteiger partial charge in [0.15, 0.2) is 0 Å². The molecule has 7 nitrogen and oxygen atoms in total. The van der Waals surface area contributed by atoms with E-state index in [1.54, 1.807) is 54.6 Å². The van der Waals surface area contributed by atoms with Crippen LogP contribution < -0.4 is 4.72 Å². The molecule has 0 atom stereocenters. The zero-order valence-corrected chi connectivity index (χ0v) is 17.3. The lowest BCUT2D eigenvalue weighted by Gasteiger charge is -2.10. The van der Waals surface area contributed by atoms with E-state index >= 15 is 0 Å². The molecule has 152 valence electrons. The average molecular weight is 442 g/mol. The summed E-state index contributed by atoms with van der Waals surface area (Å²) in [6.07, 6.45) is 0. The molecule has 4 aromatic rings. The number of benzene rings is 3. The van der Waals surface area contributed by atoms with Crippen LogP contribution in [0.15, 0.2) is 71.6 Å². The van der Waals surface area contributed by atoms with Gasteiger partial charge in [0, 0.05) is 5.56 Å². The highest BCUT2D eigenvalue weighted by Crippen LogP contribution is 2.27. The monoisotopic (exact) mass is 441 g/mol. The van der Waals surface area contributed by atoms with E-state index in [2.05, 4.69) is 14.7 Å². The van der Waals surface area contributed by atoms with E-state index in [-0.39, 0.29) is 10.6 Å². The van der Waals surface area contributed by atoms with Crippen LogP contribution in [0.5, 0.6) is 0 Å². The third-order valence-corrected chi connectivity index (χ3v) is 6.15. The minimum absolute atomic E-state index is 0.0496. The van der Waals surface area contributed by atoms with Gasteiger partial charge in [-0.05, 0) is 36.4 Å².